The molecule has 110 valence electrons. The fourth-order valence-corrected chi connectivity index (χ4v) is 4.14. The van der Waals surface area contributed by atoms with Crippen LogP contribution in [0, 0.1) is 0 Å². The van der Waals surface area contributed by atoms with Crippen LogP contribution >= 0.6 is 11.8 Å². The maximum Gasteiger partial charge on any atom is 0.0361 e. The molecule has 0 saturated carbocycles. The van der Waals surface area contributed by atoms with Crippen LogP contribution in [0.2, 0.25) is 0 Å². The summed E-state index contributed by atoms with van der Waals surface area (Å²) >= 11 is 2.12. The predicted molar refractivity (Wildman–Crippen MR) is 92.8 cm³/mol. The molecule has 1 saturated heterocycles. The number of nitrogens with one attached hydrogen (secondary N) is 1. The van der Waals surface area contributed by atoms with Crippen molar-refractivity contribution in [2.45, 2.75) is 30.6 Å². The zero-order chi connectivity index (χ0) is 14.3. The number of rotatable bonds is 6. The number of thioether (sulfide) groups is 1. The van der Waals surface area contributed by atoms with Crippen molar-refractivity contribution in [2.75, 3.05) is 12.3 Å². The Kier molecular flexibility index (Phi) is 5.36. The molecule has 1 aliphatic heterocycles. The van der Waals surface area contributed by atoms with E-state index in [-0.39, 0.29) is 0 Å². The third-order valence-electron chi connectivity index (χ3n) is 4.10. The number of benzene rings is 2. The molecule has 1 N–H and O–H groups in total. The van der Waals surface area contributed by atoms with Gasteiger partial charge in [0.25, 0.3) is 0 Å². The summed E-state index contributed by atoms with van der Waals surface area (Å²) in [6, 6.07) is 22.1. The van der Waals surface area contributed by atoms with Crippen molar-refractivity contribution in [3.63, 3.8) is 0 Å². The molecule has 0 spiro atoms. The van der Waals surface area contributed by atoms with Gasteiger partial charge in [0.15, 0.2) is 0 Å². The Balaban J connectivity index is 1.68. The monoisotopic (exact) mass is 297 g/mol. The van der Waals surface area contributed by atoms with E-state index in [0.29, 0.717) is 6.04 Å². The third kappa shape index (κ3) is 4.36. The summed E-state index contributed by atoms with van der Waals surface area (Å²) in [5.41, 5.74) is 2.79. The quantitative estimate of drug-likeness (QED) is 0.845. The summed E-state index contributed by atoms with van der Waals surface area (Å²) in [6.45, 7) is 1.12. The van der Waals surface area contributed by atoms with Crippen molar-refractivity contribution in [1.82, 2.24) is 5.32 Å². The van der Waals surface area contributed by atoms with Crippen molar-refractivity contribution in [1.29, 1.82) is 0 Å². The molecule has 2 aromatic rings. The molecule has 2 atom stereocenters. The Hall–Kier alpha value is -1.25. The van der Waals surface area contributed by atoms with Gasteiger partial charge in [-0.3, -0.25) is 0 Å². The lowest BCUT2D eigenvalue weighted by molar-refractivity contribution is 0.522. The first-order chi connectivity index (χ1) is 10.4. The molecule has 2 aromatic carbocycles. The fourth-order valence-electron chi connectivity index (χ4n) is 2.92. The van der Waals surface area contributed by atoms with Gasteiger partial charge in [-0.2, -0.15) is 11.8 Å². The van der Waals surface area contributed by atoms with Crippen molar-refractivity contribution in [3.05, 3.63) is 71.8 Å². The minimum atomic E-state index is 0.412. The first-order valence-corrected chi connectivity index (χ1v) is 8.90. The van der Waals surface area contributed by atoms with Gasteiger partial charge < -0.3 is 5.32 Å². The minimum Gasteiger partial charge on any atom is -0.309 e. The summed E-state index contributed by atoms with van der Waals surface area (Å²) < 4.78 is 0. The van der Waals surface area contributed by atoms with Crippen LogP contribution in [0.4, 0.5) is 0 Å². The highest BCUT2D eigenvalue weighted by atomic mass is 32.2. The van der Waals surface area contributed by atoms with Crippen molar-refractivity contribution < 1.29 is 0 Å². The van der Waals surface area contributed by atoms with Crippen LogP contribution in [0.15, 0.2) is 60.7 Å². The highest BCUT2D eigenvalue weighted by Gasteiger charge is 2.18. The van der Waals surface area contributed by atoms with Crippen molar-refractivity contribution in [3.8, 4) is 0 Å². The summed E-state index contributed by atoms with van der Waals surface area (Å²) in [5.74, 6) is 1.33. The van der Waals surface area contributed by atoms with Crippen molar-refractivity contribution in [2.24, 2.45) is 0 Å². The van der Waals surface area contributed by atoms with Crippen molar-refractivity contribution >= 4 is 11.8 Å². The van der Waals surface area contributed by atoms with E-state index in [2.05, 4.69) is 77.7 Å². The molecule has 1 nitrogen and oxygen atoms in total. The second-order valence-electron chi connectivity index (χ2n) is 5.70. The first kappa shape index (κ1) is 14.7. The molecule has 2 unspecified atom stereocenters. The maximum absolute atomic E-state index is 3.81. The molecule has 0 aliphatic carbocycles. The summed E-state index contributed by atoms with van der Waals surface area (Å²) in [4.78, 5) is 0. The topological polar surface area (TPSA) is 12.0 Å². The van der Waals surface area contributed by atoms with E-state index < -0.39 is 0 Å². The Labute approximate surface area is 132 Å². The lowest BCUT2D eigenvalue weighted by Crippen LogP contribution is -2.29. The van der Waals surface area contributed by atoms with Crippen LogP contribution in [0.1, 0.15) is 30.0 Å². The molecule has 2 heteroatoms. The van der Waals surface area contributed by atoms with Crippen LogP contribution in [0.25, 0.3) is 0 Å². The SMILES string of the molecule is c1ccc(CC(NCC2CCCS2)c2ccccc2)cc1. The molecule has 0 bridgehead atoms. The molecular formula is C19H23NS. The van der Waals surface area contributed by atoms with E-state index >= 15 is 0 Å². The van der Waals surface area contributed by atoms with Crippen LogP contribution in [0.5, 0.6) is 0 Å². The normalized spacial score (nSPS) is 19.5. The third-order valence-corrected chi connectivity index (χ3v) is 5.50. The molecule has 21 heavy (non-hydrogen) atoms. The van der Waals surface area contributed by atoms with Gasteiger partial charge in [0.1, 0.15) is 0 Å². The van der Waals surface area contributed by atoms with Gasteiger partial charge in [0, 0.05) is 17.8 Å². The van der Waals surface area contributed by atoms with Gasteiger partial charge in [-0.25, -0.2) is 0 Å². The Morgan fingerprint density at radius 1 is 1.00 bits per heavy atom. The minimum absolute atomic E-state index is 0.412. The lowest BCUT2D eigenvalue weighted by Gasteiger charge is -2.21. The van der Waals surface area contributed by atoms with Crippen LogP contribution in [-0.2, 0) is 6.42 Å². The molecule has 3 rings (SSSR count). The molecule has 1 aliphatic rings. The van der Waals surface area contributed by atoms with E-state index in [4.69, 9.17) is 0 Å². The van der Waals surface area contributed by atoms with Crippen LogP contribution < -0.4 is 5.32 Å². The Morgan fingerprint density at radius 3 is 2.38 bits per heavy atom. The van der Waals surface area contributed by atoms with E-state index in [1.54, 1.807) is 0 Å². The molecule has 1 heterocycles. The van der Waals surface area contributed by atoms with Gasteiger partial charge in [-0.15, -0.1) is 0 Å². The smallest absolute Gasteiger partial charge is 0.0361 e. The van der Waals surface area contributed by atoms with Gasteiger partial charge in [0.2, 0.25) is 0 Å². The zero-order valence-corrected chi connectivity index (χ0v) is 13.2. The Bertz CT molecular complexity index is 520. The van der Waals surface area contributed by atoms with Crippen LogP contribution in [-0.4, -0.2) is 17.5 Å². The lowest BCUT2D eigenvalue weighted by atomic mass is 9.98. The summed E-state index contributed by atoms with van der Waals surface area (Å²) in [7, 11) is 0. The molecule has 0 amide bonds. The predicted octanol–water partition coefficient (Wildman–Crippen LogP) is 4.46. The maximum atomic E-state index is 3.81. The molecule has 0 radical (unpaired) electrons. The second kappa shape index (κ2) is 7.67. The van der Waals surface area contributed by atoms with Crippen LogP contribution in [0.3, 0.4) is 0 Å². The highest BCUT2D eigenvalue weighted by Crippen LogP contribution is 2.26. The van der Waals surface area contributed by atoms with Gasteiger partial charge >= 0.3 is 0 Å². The summed E-state index contributed by atoms with van der Waals surface area (Å²) in [5, 5.41) is 4.60. The van der Waals surface area contributed by atoms with E-state index in [1.807, 2.05) is 0 Å². The first-order valence-electron chi connectivity index (χ1n) is 7.85. The molecular weight excluding hydrogens is 274 g/mol. The Morgan fingerprint density at radius 2 is 1.71 bits per heavy atom. The van der Waals surface area contributed by atoms with Gasteiger partial charge in [-0.1, -0.05) is 60.7 Å². The largest absolute Gasteiger partial charge is 0.309 e. The summed E-state index contributed by atoms with van der Waals surface area (Å²) in [6.07, 6.45) is 3.80. The van der Waals surface area contributed by atoms with E-state index in [1.165, 1.54) is 29.7 Å². The number of hydrogen-bond acceptors (Lipinski definition) is 2. The van der Waals surface area contributed by atoms with E-state index in [0.717, 1.165) is 18.2 Å². The van der Waals surface area contributed by atoms with Gasteiger partial charge in [0.05, 0.1) is 0 Å². The average molecular weight is 297 g/mol. The second-order valence-corrected chi connectivity index (χ2v) is 7.10. The average Bonchev–Trinajstić information content (AvgIpc) is 3.07. The molecule has 0 aromatic heterocycles. The standard InChI is InChI=1S/C19H23NS/c1-3-8-16(9-4-1)14-19(17-10-5-2-6-11-17)20-15-18-12-7-13-21-18/h1-6,8-11,18-20H,7,12-15H2. The zero-order valence-electron chi connectivity index (χ0n) is 12.4. The molecule has 1 fully saturated rings. The number of hydrogen-bond donors (Lipinski definition) is 1. The van der Waals surface area contributed by atoms with E-state index in [9.17, 15) is 0 Å². The highest BCUT2D eigenvalue weighted by molar-refractivity contribution is 8.00. The van der Waals surface area contributed by atoms with Gasteiger partial charge in [-0.05, 0) is 36.1 Å². The fraction of sp³-hybridized carbons (Fsp3) is 0.368.